The third kappa shape index (κ3) is 10.5. The first kappa shape index (κ1) is 28.6. The van der Waals surface area contributed by atoms with E-state index in [2.05, 4.69) is 71.7 Å². The van der Waals surface area contributed by atoms with Crippen LogP contribution in [0.25, 0.3) is 0 Å². The largest absolute Gasteiger partial charge is 0.357 e. The monoisotopic (exact) mass is 558 g/mol. The lowest BCUT2D eigenvalue weighted by Crippen LogP contribution is -2.50. The molecule has 1 atom stereocenters. The topological polar surface area (TPSA) is 63.2 Å². The smallest absolute Gasteiger partial charge is 0.236 e. The van der Waals surface area contributed by atoms with Gasteiger partial charge in [0.2, 0.25) is 5.91 Å². The molecule has 1 aliphatic heterocycles. The van der Waals surface area contributed by atoms with Crippen molar-refractivity contribution in [2.24, 2.45) is 4.99 Å². The summed E-state index contributed by atoms with van der Waals surface area (Å²) in [4.78, 5) is 23.0. The molecular formula is C24H43IN6O. The number of aliphatic imine (C=N–C) groups is 1. The molecule has 0 bridgehead atoms. The second-order valence-electron chi connectivity index (χ2n) is 8.78. The maximum absolute atomic E-state index is 11.9. The van der Waals surface area contributed by atoms with Gasteiger partial charge in [-0.15, -0.1) is 24.0 Å². The fourth-order valence-corrected chi connectivity index (χ4v) is 3.69. The molecule has 1 aromatic carbocycles. The molecular weight excluding hydrogens is 515 g/mol. The van der Waals surface area contributed by atoms with Gasteiger partial charge in [0.25, 0.3) is 0 Å². The molecule has 0 spiro atoms. The molecule has 1 aliphatic rings. The summed E-state index contributed by atoms with van der Waals surface area (Å²) >= 11 is 0. The summed E-state index contributed by atoms with van der Waals surface area (Å²) in [7, 11) is 5.81. The van der Waals surface area contributed by atoms with Crippen molar-refractivity contribution in [1.82, 2.24) is 25.3 Å². The van der Waals surface area contributed by atoms with Gasteiger partial charge in [-0.2, -0.15) is 0 Å². The van der Waals surface area contributed by atoms with Crippen LogP contribution in [0.3, 0.4) is 0 Å². The van der Waals surface area contributed by atoms with E-state index in [4.69, 9.17) is 4.99 Å². The number of guanidine groups is 1. The van der Waals surface area contributed by atoms with Crippen LogP contribution in [0.1, 0.15) is 38.7 Å². The number of hydrogen-bond acceptors (Lipinski definition) is 4. The number of hydrogen-bond donors (Lipinski definition) is 2. The highest BCUT2D eigenvalue weighted by Crippen LogP contribution is 2.11. The summed E-state index contributed by atoms with van der Waals surface area (Å²) in [5.74, 6) is 1.08. The van der Waals surface area contributed by atoms with Crippen LogP contribution in [-0.4, -0.2) is 92.5 Å². The Morgan fingerprint density at radius 3 is 2.44 bits per heavy atom. The van der Waals surface area contributed by atoms with E-state index in [1.165, 1.54) is 5.56 Å². The Balaban J connectivity index is 0.00000512. The fourth-order valence-electron chi connectivity index (χ4n) is 3.69. The van der Waals surface area contributed by atoms with E-state index in [9.17, 15) is 4.79 Å². The number of likely N-dealkylation sites (N-methyl/N-ethyl adjacent to an activating group) is 1. The molecule has 1 heterocycles. The molecule has 1 unspecified atom stereocenters. The standard InChI is InChI=1S/C24H42N6O.HI/c1-6-25-24(27-22-13-16-30(17-14-22)19-23(31)28(3)4)26-15-12-20(2)29(5)18-21-10-8-7-9-11-21;/h7-11,20,22H,6,12-19H2,1-5H3,(H2,25,26,27);1H. The van der Waals surface area contributed by atoms with E-state index in [1.807, 2.05) is 14.1 Å². The zero-order chi connectivity index (χ0) is 22.6. The van der Waals surface area contributed by atoms with Crippen LogP contribution in [0.2, 0.25) is 0 Å². The van der Waals surface area contributed by atoms with Crippen molar-refractivity contribution < 1.29 is 4.79 Å². The molecule has 182 valence electrons. The van der Waals surface area contributed by atoms with Gasteiger partial charge in [-0.3, -0.25) is 19.6 Å². The average molecular weight is 559 g/mol. The Kier molecular flexibility index (Phi) is 13.8. The third-order valence-corrected chi connectivity index (χ3v) is 5.97. The van der Waals surface area contributed by atoms with E-state index in [0.29, 0.717) is 18.6 Å². The van der Waals surface area contributed by atoms with Gasteiger partial charge in [0.1, 0.15) is 0 Å². The lowest BCUT2D eigenvalue weighted by atomic mass is 10.1. The highest BCUT2D eigenvalue weighted by molar-refractivity contribution is 14.0. The first-order valence-corrected chi connectivity index (χ1v) is 11.6. The highest BCUT2D eigenvalue weighted by atomic mass is 127. The molecule has 8 heteroatoms. The molecule has 0 saturated carbocycles. The summed E-state index contributed by atoms with van der Waals surface area (Å²) in [6.07, 6.45) is 3.08. The Morgan fingerprint density at radius 2 is 1.84 bits per heavy atom. The van der Waals surface area contributed by atoms with Crippen molar-refractivity contribution in [3.05, 3.63) is 35.9 Å². The Morgan fingerprint density at radius 1 is 1.19 bits per heavy atom. The minimum atomic E-state index is 0. The molecule has 32 heavy (non-hydrogen) atoms. The minimum Gasteiger partial charge on any atom is -0.357 e. The number of rotatable bonds is 10. The summed E-state index contributed by atoms with van der Waals surface area (Å²) in [5.41, 5.74) is 1.34. The summed E-state index contributed by atoms with van der Waals surface area (Å²) < 4.78 is 0. The Bertz CT molecular complexity index is 676. The lowest BCUT2D eigenvalue weighted by Gasteiger charge is -2.33. The average Bonchev–Trinajstić information content (AvgIpc) is 2.75. The highest BCUT2D eigenvalue weighted by Gasteiger charge is 2.22. The van der Waals surface area contributed by atoms with Crippen molar-refractivity contribution in [1.29, 1.82) is 0 Å². The van der Waals surface area contributed by atoms with Crippen molar-refractivity contribution in [2.75, 3.05) is 53.9 Å². The molecule has 1 amide bonds. The van der Waals surface area contributed by atoms with Crippen LogP contribution in [0.15, 0.2) is 35.3 Å². The van der Waals surface area contributed by atoms with Gasteiger partial charge in [0.05, 0.1) is 6.54 Å². The quantitative estimate of drug-likeness (QED) is 0.263. The number of likely N-dealkylation sites (tertiary alicyclic amines) is 1. The molecule has 2 N–H and O–H groups in total. The number of nitrogens with one attached hydrogen (secondary N) is 2. The summed E-state index contributed by atoms with van der Waals surface area (Å²) in [6, 6.07) is 11.5. The Labute approximate surface area is 212 Å². The molecule has 0 radical (unpaired) electrons. The number of nitrogens with zero attached hydrogens (tertiary/aromatic N) is 4. The first-order valence-electron chi connectivity index (χ1n) is 11.6. The first-order chi connectivity index (χ1) is 14.9. The molecule has 0 aromatic heterocycles. The minimum absolute atomic E-state index is 0. The number of halogens is 1. The SMILES string of the molecule is CCNC(=NCCC(C)N(C)Cc1ccccc1)NC1CCN(CC(=O)N(C)C)CC1.I. The van der Waals surface area contributed by atoms with E-state index in [0.717, 1.165) is 57.9 Å². The zero-order valence-electron chi connectivity index (χ0n) is 20.5. The van der Waals surface area contributed by atoms with Gasteiger partial charge in [-0.05, 0) is 45.7 Å². The predicted octanol–water partition coefficient (Wildman–Crippen LogP) is 2.62. The molecule has 7 nitrogen and oxygen atoms in total. The third-order valence-electron chi connectivity index (χ3n) is 5.97. The lowest BCUT2D eigenvalue weighted by molar-refractivity contribution is -0.130. The number of benzene rings is 1. The van der Waals surface area contributed by atoms with Crippen molar-refractivity contribution >= 4 is 35.8 Å². The number of carbonyl (C=O) groups is 1. The van der Waals surface area contributed by atoms with Gasteiger partial charge in [-0.1, -0.05) is 30.3 Å². The Hall–Kier alpha value is -1.39. The summed E-state index contributed by atoms with van der Waals surface area (Å²) in [6.45, 7) is 9.38. The molecule has 2 rings (SSSR count). The van der Waals surface area contributed by atoms with Gasteiger partial charge in [0.15, 0.2) is 5.96 Å². The molecule has 0 aliphatic carbocycles. The van der Waals surface area contributed by atoms with E-state index >= 15 is 0 Å². The van der Waals surface area contributed by atoms with E-state index in [-0.39, 0.29) is 29.9 Å². The fraction of sp³-hybridized carbons (Fsp3) is 0.667. The van der Waals surface area contributed by atoms with Crippen LogP contribution >= 0.6 is 24.0 Å². The van der Waals surface area contributed by atoms with Crippen molar-refractivity contribution in [3.8, 4) is 0 Å². The maximum Gasteiger partial charge on any atom is 0.236 e. The number of piperidine rings is 1. The molecule has 1 saturated heterocycles. The zero-order valence-corrected chi connectivity index (χ0v) is 22.8. The van der Waals surface area contributed by atoms with Crippen LogP contribution in [0, 0.1) is 0 Å². The van der Waals surface area contributed by atoms with Gasteiger partial charge in [-0.25, -0.2) is 0 Å². The van der Waals surface area contributed by atoms with Crippen molar-refractivity contribution in [3.63, 3.8) is 0 Å². The van der Waals surface area contributed by atoms with Crippen LogP contribution < -0.4 is 10.6 Å². The predicted molar refractivity (Wildman–Crippen MR) is 145 cm³/mol. The molecule has 1 fully saturated rings. The molecule has 1 aromatic rings. The number of amides is 1. The van der Waals surface area contributed by atoms with E-state index in [1.54, 1.807) is 4.90 Å². The normalized spacial score (nSPS) is 16.4. The van der Waals surface area contributed by atoms with Gasteiger partial charge < -0.3 is 15.5 Å². The van der Waals surface area contributed by atoms with Crippen LogP contribution in [0.5, 0.6) is 0 Å². The second kappa shape index (κ2) is 15.4. The van der Waals surface area contributed by atoms with Crippen LogP contribution in [0.4, 0.5) is 0 Å². The second-order valence-corrected chi connectivity index (χ2v) is 8.78. The number of carbonyl (C=O) groups excluding carboxylic acids is 1. The van der Waals surface area contributed by atoms with Gasteiger partial charge in [0, 0.05) is 58.9 Å². The van der Waals surface area contributed by atoms with E-state index < -0.39 is 0 Å². The van der Waals surface area contributed by atoms with Crippen molar-refractivity contribution in [2.45, 2.75) is 51.7 Å². The summed E-state index contributed by atoms with van der Waals surface area (Å²) in [5, 5.41) is 6.98. The maximum atomic E-state index is 11.9. The van der Waals surface area contributed by atoms with Gasteiger partial charge >= 0.3 is 0 Å². The van der Waals surface area contributed by atoms with Crippen LogP contribution in [-0.2, 0) is 11.3 Å².